The minimum absolute atomic E-state index is 0.816. The highest BCUT2D eigenvalue weighted by Crippen LogP contribution is 2.38. The Hall–Kier alpha value is -0.800. The van der Waals surface area contributed by atoms with E-state index in [9.17, 15) is 0 Å². The Bertz CT molecular complexity index is 423. The molecule has 0 amide bonds. The van der Waals surface area contributed by atoms with Gasteiger partial charge in [-0.05, 0) is 64.3 Å². The van der Waals surface area contributed by atoms with E-state index in [-0.39, 0.29) is 0 Å². The second kappa shape index (κ2) is 5.68. The summed E-state index contributed by atoms with van der Waals surface area (Å²) in [5, 5.41) is 3.48. The average molecular weight is 261 g/mol. The van der Waals surface area contributed by atoms with E-state index in [2.05, 4.69) is 34.7 Å². The van der Waals surface area contributed by atoms with Crippen molar-refractivity contribution in [3.05, 3.63) is 23.0 Å². The highest BCUT2D eigenvalue weighted by Gasteiger charge is 2.26. The van der Waals surface area contributed by atoms with Crippen molar-refractivity contribution in [2.24, 2.45) is 0 Å². The molecular weight excluding hydrogens is 234 g/mol. The van der Waals surface area contributed by atoms with Crippen LogP contribution in [0.5, 0.6) is 0 Å². The van der Waals surface area contributed by atoms with E-state index in [1.54, 1.807) is 5.56 Å². The van der Waals surface area contributed by atoms with Crippen LogP contribution in [0.25, 0.3) is 0 Å². The maximum atomic E-state index is 3.48. The van der Waals surface area contributed by atoms with Gasteiger partial charge < -0.3 is 14.8 Å². The van der Waals surface area contributed by atoms with Crippen LogP contribution in [0, 0.1) is 13.8 Å². The third-order valence-corrected chi connectivity index (χ3v) is 4.63. The molecule has 0 unspecified atom stereocenters. The molecule has 1 saturated heterocycles. The van der Waals surface area contributed by atoms with Gasteiger partial charge in [-0.15, -0.1) is 0 Å². The summed E-state index contributed by atoms with van der Waals surface area (Å²) < 4.78 is 2.57. The molecule has 106 valence electrons. The molecule has 2 aliphatic rings. The summed E-state index contributed by atoms with van der Waals surface area (Å²) in [6, 6.07) is 3.24. The summed E-state index contributed by atoms with van der Waals surface area (Å²) in [5.41, 5.74) is 4.56. The molecule has 3 heteroatoms. The fourth-order valence-electron chi connectivity index (χ4n) is 3.40. The summed E-state index contributed by atoms with van der Waals surface area (Å²) in [6.07, 6.45) is 5.27. The molecule has 1 N–H and O–H groups in total. The largest absolute Gasteiger partial charge is 0.346 e. The summed E-state index contributed by atoms with van der Waals surface area (Å²) in [7, 11) is 0. The van der Waals surface area contributed by atoms with Crippen LogP contribution >= 0.6 is 0 Å². The zero-order chi connectivity index (χ0) is 13.2. The average Bonchev–Trinajstić information content (AvgIpc) is 3.19. The molecule has 0 atom stereocenters. The maximum absolute atomic E-state index is 3.48. The van der Waals surface area contributed by atoms with Crippen molar-refractivity contribution >= 4 is 0 Å². The van der Waals surface area contributed by atoms with Crippen LogP contribution < -0.4 is 5.32 Å². The Labute approximate surface area is 117 Å². The Kier molecular flexibility index (Phi) is 3.94. The first kappa shape index (κ1) is 13.2. The molecular formula is C16H27N3. The van der Waals surface area contributed by atoms with Gasteiger partial charge in [-0.1, -0.05) is 0 Å². The highest BCUT2D eigenvalue weighted by atomic mass is 15.1. The number of hydrogen-bond acceptors (Lipinski definition) is 2. The van der Waals surface area contributed by atoms with E-state index >= 15 is 0 Å². The third-order valence-electron chi connectivity index (χ3n) is 4.63. The molecule has 1 aromatic rings. The van der Waals surface area contributed by atoms with Gasteiger partial charge in [0.2, 0.25) is 0 Å². The number of nitrogens with zero attached hydrogens (tertiary/aromatic N) is 2. The summed E-state index contributed by atoms with van der Waals surface area (Å²) in [5.74, 6) is 0. The van der Waals surface area contributed by atoms with Gasteiger partial charge in [-0.25, -0.2) is 0 Å². The fraction of sp³-hybridized carbons (Fsp3) is 0.750. The van der Waals surface area contributed by atoms with Gasteiger partial charge in [-0.3, -0.25) is 0 Å². The van der Waals surface area contributed by atoms with Crippen LogP contribution in [0.4, 0.5) is 0 Å². The van der Waals surface area contributed by atoms with Gasteiger partial charge in [0.15, 0.2) is 0 Å². The Morgan fingerprint density at radius 2 is 2.05 bits per heavy atom. The van der Waals surface area contributed by atoms with Crippen LogP contribution in [0.15, 0.2) is 6.07 Å². The normalized spacial score (nSPS) is 21.6. The molecule has 0 spiro atoms. The second-order valence-electron chi connectivity index (χ2n) is 6.19. The predicted octanol–water partition coefficient (Wildman–Crippen LogP) is 2.28. The Balaban J connectivity index is 1.61. The SMILES string of the molecule is Cc1cc(CCN2CCCNCC2)c(C)n1C1CC1. The molecule has 2 fully saturated rings. The third kappa shape index (κ3) is 3.03. The number of rotatable bonds is 4. The lowest BCUT2D eigenvalue weighted by Gasteiger charge is -2.19. The number of aromatic nitrogens is 1. The molecule has 0 aromatic carbocycles. The van der Waals surface area contributed by atoms with Crippen molar-refractivity contribution in [1.82, 2.24) is 14.8 Å². The molecule has 1 aromatic heterocycles. The molecule has 0 bridgehead atoms. The minimum atomic E-state index is 0.816. The molecule has 19 heavy (non-hydrogen) atoms. The lowest BCUT2D eigenvalue weighted by molar-refractivity contribution is 0.296. The first-order valence-electron chi connectivity index (χ1n) is 7.86. The van der Waals surface area contributed by atoms with Crippen LogP contribution in [-0.4, -0.2) is 42.2 Å². The zero-order valence-corrected chi connectivity index (χ0v) is 12.4. The van der Waals surface area contributed by atoms with Crippen LogP contribution in [0.2, 0.25) is 0 Å². The molecule has 2 heterocycles. The van der Waals surface area contributed by atoms with Gasteiger partial charge in [0.25, 0.3) is 0 Å². The van der Waals surface area contributed by atoms with E-state index in [1.165, 1.54) is 63.3 Å². The predicted molar refractivity (Wildman–Crippen MR) is 79.8 cm³/mol. The first-order valence-corrected chi connectivity index (χ1v) is 7.86. The lowest BCUT2D eigenvalue weighted by Crippen LogP contribution is -2.30. The quantitative estimate of drug-likeness (QED) is 0.897. The molecule has 3 rings (SSSR count). The van der Waals surface area contributed by atoms with Gasteiger partial charge in [-0.2, -0.15) is 0 Å². The van der Waals surface area contributed by atoms with Gasteiger partial charge in [0.1, 0.15) is 0 Å². The molecule has 1 aliphatic heterocycles. The first-order chi connectivity index (χ1) is 9.25. The van der Waals surface area contributed by atoms with E-state index < -0.39 is 0 Å². The monoisotopic (exact) mass is 261 g/mol. The van der Waals surface area contributed by atoms with E-state index in [0.717, 1.165) is 12.6 Å². The van der Waals surface area contributed by atoms with Crippen molar-refractivity contribution in [2.45, 2.75) is 45.6 Å². The van der Waals surface area contributed by atoms with Gasteiger partial charge >= 0.3 is 0 Å². The van der Waals surface area contributed by atoms with Crippen LogP contribution in [0.1, 0.15) is 42.3 Å². The second-order valence-corrected chi connectivity index (χ2v) is 6.19. The van der Waals surface area contributed by atoms with Gasteiger partial charge in [0.05, 0.1) is 0 Å². The van der Waals surface area contributed by atoms with Crippen LogP contribution in [0.3, 0.4) is 0 Å². The van der Waals surface area contributed by atoms with Crippen molar-refractivity contribution in [3.8, 4) is 0 Å². The van der Waals surface area contributed by atoms with Crippen molar-refractivity contribution in [3.63, 3.8) is 0 Å². The Morgan fingerprint density at radius 3 is 2.84 bits per heavy atom. The maximum Gasteiger partial charge on any atom is 0.0337 e. The van der Waals surface area contributed by atoms with E-state index in [1.807, 2.05) is 0 Å². The molecule has 1 aliphatic carbocycles. The zero-order valence-electron chi connectivity index (χ0n) is 12.4. The number of hydrogen-bond donors (Lipinski definition) is 1. The van der Waals surface area contributed by atoms with Crippen molar-refractivity contribution in [1.29, 1.82) is 0 Å². The summed E-state index contributed by atoms with van der Waals surface area (Å²) in [4.78, 5) is 2.61. The topological polar surface area (TPSA) is 20.2 Å². The minimum Gasteiger partial charge on any atom is -0.346 e. The molecule has 1 saturated carbocycles. The number of aryl methyl sites for hydroxylation is 1. The number of nitrogens with one attached hydrogen (secondary N) is 1. The lowest BCUT2D eigenvalue weighted by atomic mass is 10.1. The smallest absolute Gasteiger partial charge is 0.0337 e. The van der Waals surface area contributed by atoms with Crippen molar-refractivity contribution < 1.29 is 0 Å². The Morgan fingerprint density at radius 1 is 1.21 bits per heavy atom. The molecule has 0 radical (unpaired) electrons. The standard InChI is InChI=1S/C16H27N3/c1-13-12-15(14(2)19(13)16-4-5-16)6-10-18-9-3-7-17-8-11-18/h12,16-17H,3-11H2,1-2H3. The molecule has 3 nitrogen and oxygen atoms in total. The van der Waals surface area contributed by atoms with E-state index in [4.69, 9.17) is 0 Å². The van der Waals surface area contributed by atoms with Gasteiger partial charge in [0, 0.05) is 37.1 Å². The van der Waals surface area contributed by atoms with Crippen molar-refractivity contribution in [2.75, 3.05) is 32.7 Å². The summed E-state index contributed by atoms with van der Waals surface area (Å²) in [6.45, 7) is 10.6. The fourth-order valence-corrected chi connectivity index (χ4v) is 3.40. The van der Waals surface area contributed by atoms with E-state index in [0.29, 0.717) is 0 Å². The summed E-state index contributed by atoms with van der Waals surface area (Å²) >= 11 is 0. The van der Waals surface area contributed by atoms with Crippen LogP contribution in [-0.2, 0) is 6.42 Å². The highest BCUT2D eigenvalue weighted by molar-refractivity contribution is 5.28.